The number of hydrogen-bond donors (Lipinski definition) is 1. The first-order valence-electron chi connectivity index (χ1n) is 6.25. The third-order valence-corrected chi connectivity index (χ3v) is 4.02. The average molecular weight is 231 g/mol. The molecule has 1 saturated heterocycles. The smallest absolute Gasteiger partial charge is 0.0468 e. The molecule has 0 saturated carbocycles. The van der Waals surface area contributed by atoms with Crippen LogP contribution in [-0.2, 0) is 4.74 Å². The number of ether oxygens (including phenoxy) is 1. The molecule has 1 rings (SSSR count). The van der Waals surface area contributed by atoms with E-state index in [0.717, 1.165) is 25.7 Å². The molecule has 0 radical (unpaired) electrons. The van der Waals surface area contributed by atoms with Crippen LogP contribution in [0, 0.1) is 5.92 Å². The molecular weight excluding hydrogens is 206 g/mol. The highest BCUT2D eigenvalue weighted by Gasteiger charge is 2.18. The molecule has 1 atom stereocenters. The molecule has 1 unspecified atom stereocenters. The molecule has 1 fully saturated rings. The number of hydrogen-bond acceptors (Lipinski definition) is 3. The molecule has 1 aliphatic rings. The van der Waals surface area contributed by atoms with Gasteiger partial charge < -0.3 is 10.1 Å². The Labute approximate surface area is 98.5 Å². The number of nitrogens with one attached hydrogen (secondary N) is 1. The predicted octanol–water partition coefficient (Wildman–Crippen LogP) is 2.53. The zero-order valence-corrected chi connectivity index (χ0v) is 10.9. The molecule has 15 heavy (non-hydrogen) atoms. The van der Waals surface area contributed by atoms with Crippen molar-refractivity contribution in [2.24, 2.45) is 5.92 Å². The van der Waals surface area contributed by atoms with E-state index in [2.05, 4.69) is 30.9 Å². The van der Waals surface area contributed by atoms with Crippen molar-refractivity contribution in [1.82, 2.24) is 5.32 Å². The summed E-state index contributed by atoms with van der Waals surface area (Å²) in [6.07, 6.45) is 3.86. The van der Waals surface area contributed by atoms with E-state index in [1.165, 1.54) is 30.8 Å². The second kappa shape index (κ2) is 8.43. The maximum Gasteiger partial charge on any atom is 0.0468 e. The number of rotatable bonds is 7. The third-order valence-electron chi connectivity index (χ3n) is 2.97. The van der Waals surface area contributed by atoms with Crippen LogP contribution in [0.4, 0.5) is 0 Å². The molecule has 0 amide bonds. The standard InChI is InChI=1S/C12H25NOS/c1-3-13-12(10-15-4-2)9-11-5-7-14-8-6-11/h11-13H,3-10H2,1-2H3. The van der Waals surface area contributed by atoms with Gasteiger partial charge in [-0.15, -0.1) is 0 Å². The van der Waals surface area contributed by atoms with Crippen molar-refractivity contribution in [2.75, 3.05) is 31.3 Å². The van der Waals surface area contributed by atoms with E-state index in [1.807, 2.05) is 0 Å². The summed E-state index contributed by atoms with van der Waals surface area (Å²) in [6.45, 7) is 7.49. The van der Waals surface area contributed by atoms with Gasteiger partial charge in [0.05, 0.1) is 0 Å². The van der Waals surface area contributed by atoms with Crippen LogP contribution in [0.5, 0.6) is 0 Å². The van der Waals surface area contributed by atoms with Crippen molar-refractivity contribution in [2.45, 2.75) is 39.2 Å². The van der Waals surface area contributed by atoms with E-state index in [-0.39, 0.29) is 0 Å². The normalized spacial score (nSPS) is 20.4. The van der Waals surface area contributed by atoms with Gasteiger partial charge in [-0.3, -0.25) is 0 Å². The second-order valence-corrected chi connectivity index (χ2v) is 5.52. The first-order chi connectivity index (χ1) is 7.36. The largest absolute Gasteiger partial charge is 0.381 e. The van der Waals surface area contributed by atoms with Crippen molar-refractivity contribution in [3.63, 3.8) is 0 Å². The van der Waals surface area contributed by atoms with E-state index < -0.39 is 0 Å². The van der Waals surface area contributed by atoms with Crippen molar-refractivity contribution < 1.29 is 4.74 Å². The number of thioether (sulfide) groups is 1. The summed E-state index contributed by atoms with van der Waals surface area (Å²) >= 11 is 2.05. The maximum atomic E-state index is 5.40. The van der Waals surface area contributed by atoms with E-state index in [1.54, 1.807) is 0 Å². The van der Waals surface area contributed by atoms with Gasteiger partial charge in [0.2, 0.25) is 0 Å². The summed E-state index contributed by atoms with van der Waals surface area (Å²) < 4.78 is 5.40. The Balaban J connectivity index is 2.21. The highest BCUT2D eigenvalue weighted by molar-refractivity contribution is 7.99. The molecule has 0 aromatic carbocycles. The molecule has 0 bridgehead atoms. The fourth-order valence-electron chi connectivity index (χ4n) is 2.14. The van der Waals surface area contributed by atoms with E-state index in [9.17, 15) is 0 Å². The van der Waals surface area contributed by atoms with Crippen molar-refractivity contribution in [3.8, 4) is 0 Å². The summed E-state index contributed by atoms with van der Waals surface area (Å²) in [5.74, 6) is 3.39. The van der Waals surface area contributed by atoms with Crippen LogP contribution in [0.25, 0.3) is 0 Å². The Morgan fingerprint density at radius 3 is 2.67 bits per heavy atom. The first-order valence-corrected chi connectivity index (χ1v) is 7.41. The van der Waals surface area contributed by atoms with Gasteiger partial charge in [0.1, 0.15) is 0 Å². The minimum atomic E-state index is 0.711. The van der Waals surface area contributed by atoms with Gasteiger partial charge >= 0.3 is 0 Å². The predicted molar refractivity (Wildman–Crippen MR) is 68.6 cm³/mol. The van der Waals surface area contributed by atoms with Crippen LogP contribution in [-0.4, -0.2) is 37.3 Å². The first kappa shape index (κ1) is 13.3. The molecule has 1 aliphatic heterocycles. The van der Waals surface area contributed by atoms with Gasteiger partial charge in [-0.1, -0.05) is 13.8 Å². The lowest BCUT2D eigenvalue weighted by Gasteiger charge is -2.27. The van der Waals surface area contributed by atoms with Crippen molar-refractivity contribution in [1.29, 1.82) is 0 Å². The van der Waals surface area contributed by atoms with Crippen LogP contribution in [0.2, 0.25) is 0 Å². The Kier molecular flexibility index (Phi) is 7.49. The van der Waals surface area contributed by atoms with Crippen LogP contribution >= 0.6 is 11.8 Å². The van der Waals surface area contributed by atoms with Gasteiger partial charge in [0, 0.05) is 25.0 Å². The van der Waals surface area contributed by atoms with Gasteiger partial charge in [0.25, 0.3) is 0 Å². The Hall–Kier alpha value is 0.270. The maximum absolute atomic E-state index is 5.40. The summed E-state index contributed by atoms with van der Waals surface area (Å²) in [6, 6.07) is 0.711. The van der Waals surface area contributed by atoms with Crippen molar-refractivity contribution >= 4 is 11.8 Å². The van der Waals surface area contributed by atoms with Crippen LogP contribution in [0.15, 0.2) is 0 Å². The third kappa shape index (κ3) is 5.79. The Morgan fingerprint density at radius 2 is 2.07 bits per heavy atom. The van der Waals surface area contributed by atoms with Gasteiger partial charge in [0.15, 0.2) is 0 Å². The molecule has 0 aliphatic carbocycles. The van der Waals surface area contributed by atoms with E-state index >= 15 is 0 Å². The topological polar surface area (TPSA) is 21.3 Å². The average Bonchev–Trinajstić information content (AvgIpc) is 2.28. The van der Waals surface area contributed by atoms with Gasteiger partial charge in [-0.25, -0.2) is 0 Å². The summed E-state index contributed by atoms with van der Waals surface area (Å²) in [5.41, 5.74) is 0. The minimum Gasteiger partial charge on any atom is -0.381 e. The molecule has 0 aromatic heterocycles. The van der Waals surface area contributed by atoms with Gasteiger partial charge in [-0.05, 0) is 37.5 Å². The quantitative estimate of drug-likeness (QED) is 0.727. The van der Waals surface area contributed by atoms with Crippen LogP contribution in [0.3, 0.4) is 0 Å². The fraction of sp³-hybridized carbons (Fsp3) is 1.00. The lowest BCUT2D eigenvalue weighted by atomic mass is 9.93. The molecule has 90 valence electrons. The van der Waals surface area contributed by atoms with E-state index in [4.69, 9.17) is 4.74 Å². The summed E-state index contributed by atoms with van der Waals surface area (Å²) in [7, 11) is 0. The lowest BCUT2D eigenvalue weighted by Crippen LogP contribution is -2.34. The molecule has 3 heteroatoms. The minimum absolute atomic E-state index is 0.711. The monoisotopic (exact) mass is 231 g/mol. The highest BCUT2D eigenvalue weighted by atomic mass is 32.2. The van der Waals surface area contributed by atoms with Crippen LogP contribution in [0.1, 0.15) is 33.1 Å². The van der Waals surface area contributed by atoms with Crippen LogP contribution < -0.4 is 5.32 Å². The highest BCUT2D eigenvalue weighted by Crippen LogP contribution is 2.21. The molecule has 1 N–H and O–H groups in total. The lowest BCUT2D eigenvalue weighted by molar-refractivity contribution is 0.0614. The molecule has 1 heterocycles. The van der Waals surface area contributed by atoms with Gasteiger partial charge in [-0.2, -0.15) is 11.8 Å². The fourth-order valence-corrected chi connectivity index (χ4v) is 2.92. The summed E-state index contributed by atoms with van der Waals surface area (Å²) in [5, 5.41) is 3.60. The van der Waals surface area contributed by atoms with Crippen molar-refractivity contribution in [3.05, 3.63) is 0 Å². The SMILES string of the molecule is CCNC(CSCC)CC1CCOCC1. The Bertz CT molecular complexity index is 149. The summed E-state index contributed by atoms with van der Waals surface area (Å²) in [4.78, 5) is 0. The Morgan fingerprint density at radius 1 is 1.33 bits per heavy atom. The molecule has 0 spiro atoms. The van der Waals surface area contributed by atoms with E-state index in [0.29, 0.717) is 6.04 Å². The molecule has 0 aromatic rings. The zero-order valence-electron chi connectivity index (χ0n) is 10.1. The zero-order chi connectivity index (χ0) is 10.9. The second-order valence-electron chi connectivity index (χ2n) is 4.21. The molecular formula is C12H25NOS. The molecule has 2 nitrogen and oxygen atoms in total.